The smallest absolute Gasteiger partial charge is 0.169 e. The molecule has 1 aliphatic rings. The summed E-state index contributed by atoms with van der Waals surface area (Å²) in [5.41, 5.74) is 3.87. The van der Waals surface area contributed by atoms with Crippen LogP contribution < -0.4 is 5.32 Å². The molecule has 2 nitrogen and oxygen atoms in total. The highest BCUT2D eigenvalue weighted by Crippen LogP contribution is 2.28. The normalized spacial score (nSPS) is 18.5. The summed E-state index contributed by atoms with van der Waals surface area (Å²) >= 11 is 5.45. The van der Waals surface area contributed by atoms with Gasteiger partial charge in [-0.05, 0) is 28.9 Å². The SMILES string of the molecule is CN1Cc2ccccc2C(c2ccccc2)NC1=S. The highest BCUT2D eigenvalue weighted by Gasteiger charge is 2.23. The summed E-state index contributed by atoms with van der Waals surface area (Å²) in [6.07, 6.45) is 0. The first kappa shape index (κ1) is 12.2. The Morgan fingerprint density at radius 1 is 1.05 bits per heavy atom. The second kappa shape index (κ2) is 5.02. The van der Waals surface area contributed by atoms with Crippen molar-refractivity contribution in [3.05, 3.63) is 71.3 Å². The monoisotopic (exact) mass is 268 g/mol. The Bertz CT molecular complexity index is 595. The standard InChI is InChI=1S/C16H16N2S/c1-18-11-13-9-5-6-10-14(13)15(17-16(18)19)12-7-3-2-4-8-12/h2-10,15H,11H2,1H3,(H,17,19). The molecule has 96 valence electrons. The highest BCUT2D eigenvalue weighted by molar-refractivity contribution is 7.80. The molecular weight excluding hydrogens is 252 g/mol. The van der Waals surface area contributed by atoms with Crippen LogP contribution in [0.1, 0.15) is 22.7 Å². The molecule has 1 atom stereocenters. The summed E-state index contributed by atoms with van der Waals surface area (Å²) in [7, 11) is 2.03. The third kappa shape index (κ3) is 2.34. The number of benzene rings is 2. The zero-order valence-electron chi connectivity index (χ0n) is 10.8. The van der Waals surface area contributed by atoms with E-state index in [-0.39, 0.29) is 6.04 Å². The van der Waals surface area contributed by atoms with E-state index < -0.39 is 0 Å². The minimum atomic E-state index is 0.134. The molecule has 3 rings (SSSR count). The van der Waals surface area contributed by atoms with Crippen molar-refractivity contribution in [2.75, 3.05) is 7.05 Å². The van der Waals surface area contributed by atoms with E-state index in [0.717, 1.165) is 11.7 Å². The minimum Gasteiger partial charge on any atom is -0.352 e. The number of rotatable bonds is 1. The molecule has 0 aliphatic carbocycles. The number of nitrogens with one attached hydrogen (secondary N) is 1. The van der Waals surface area contributed by atoms with Gasteiger partial charge in [0, 0.05) is 13.6 Å². The van der Waals surface area contributed by atoms with E-state index >= 15 is 0 Å². The molecule has 19 heavy (non-hydrogen) atoms. The van der Waals surface area contributed by atoms with Gasteiger partial charge in [-0.3, -0.25) is 0 Å². The quantitative estimate of drug-likeness (QED) is 0.800. The fraction of sp³-hybridized carbons (Fsp3) is 0.188. The van der Waals surface area contributed by atoms with Gasteiger partial charge in [-0.2, -0.15) is 0 Å². The molecule has 0 saturated carbocycles. The molecule has 2 aromatic rings. The second-order valence-electron chi connectivity index (χ2n) is 4.85. The van der Waals surface area contributed by atoms with Gasteiger partial charge in [0.05, 0.1) is 6.04 Å². The second-order valence-corrected chi connectivity index (χ2v) is 5.23. The number of fused-ring (bicyclic) bond motifs is 1. The molecule has 0 saturated heterocycles. The van der Waals surface area contributed by atoms with Crippen molar-refractivity contribution in [1.82, 2.24) is 10.2 Å². The maximum absolute atomic E-state index is 5.45. The van der Waals surface area contributed by atoms with Crippen molar-refractivity contribution >= 4 is 17.3 Å². The average molecular weight is 268 g/mol. The first-order valence-corrected chi connectivity index (χ1v) is 6.81. The predicted molar refractivity (Wildman–Crippen MR) is 81.9 cm³/mol. The van der Waals surface area contributed by atoms with Crippen LogP contribution in [0.5, 0.6) is 0 Å². The number of nitrogens with zero attached hydrogens (tertiary/aromatic N) is 1. The number of hydrogen-bond acceptors (Lipinski definition) is 1. The van der Waals surface area contributed by atoms with Crippen LogP contribution in [0.2, 0.25) is 0 Å². The van der Waals surface area contributed by atoms with Crippen molar-refractivity contribution in [3.63, 3.8) is 0 Å². The molecule has 0 aromatic heterocycles. The number of hydrogen-bond donors (Lipinski definition) is 1. The first-order valence-electron chi connectivity index (χ1n) is 6.40. The third-order valence-corrected chi connectivity index (χ3v) is 3.95. The van der Waals surface area contributed by atoms with Crippen molar-refractivity contribution in [3.8, 4) is 0 Å². The van der Waals surface area contributed by atoms with Crippen molar-refractivity contribution in [2.24, 2.45) is 0 Å². The van der Waals surface area contributed by atoms with Crippen molar-refractivity contribution in [2.45, 2.75) is 12.6 Å². The van der Waals surface area contributed by atoms with Crippen LogP contribution in [0.15, 0.2) is 54.6 Å². The molecule has 3 heteroatoms. The van der Waals surface area contributed by atoms with Gasteiger partial charge in [-0.25, -0.2) is 0 Å². The summed E-state index contributed by atoms with van der Waals surface area (Å²) in [6.45, 7) is 0.853. The molecule has 0 bridgehead atoms. The lowest BCUT2D eigenvalue weighted by Crippen LogP contribution is -2.36. The number of thiocarbonyl (C=S) groups is 1. The van der Waals surface area contributed by atoms with Gasteiger partial charge >= 0.3 is 0 Å². The Morgan fingerprint density at radius 2 is 1.74 bits per heavy atom. The van der Waals surface area contributed by atoms with E-state index in [1.807, 2.05) is 13.1 Å². The van der Waals surface area contributed by atoms with Gasteiger partial charge in [0.1, 0.15) is 0 Å². The summed E-state index contributed by atoms with van der Waals surface area (Å²) in [6, 6.07) is 19.1. The van der Waals surface area contributed by atoms with Crippen LogP contribution in [0, 0.1) is 0 Å². The van der Waals surface area contributed by atoms with E-state index in [0.29, 0.717) is 0 Å². The van der Waals surface area contributed by atoms with Crippen molar-refractivity contribution in [1.29, 1.82) is 0 Å². The molecular formula is C16H16N2S. The average Bonchev–Trinajstić information content (AvgIpc) is 2.58. The zero-order valence-corrected chi connectivity index (χ0v) is 11.7. The Balaban J connectivity index is 2.10. The fourth-order valence-corrected chi connectivity index (χ4v) is 2.69. The van der Waals surface area contributed by atoms with Crippen LogP contribution in [-0.4, -0.2) is 17.1 Å². The lowest BCUT2D eigenvalue weighted by atomic mass is 9.95. The largest absolute Gasteiger partial charge is 0.352 e. The topological polar surface area (TPSA) is 15.3 Å². The maximum Gasteiger partial charge on any atom is 0.169 e. The molecule has 1 heterocycles. The fourth-order valence-electron chi connectivity index (χ4n) is 2.51. The van der Waals surface area contributed by atoms with E-state index in [9.17, 15) is 0 Å². The Hall–Kier alpha value is -1.87. The summed E-state index contributed by atoms with van der Waals surface area (Å²) < 4.78 is 0. The molecule has 1 N–H and O–H groups in total. The van der Waals surface area contributed by atoms with Gasteiger partial charge < -0.3 is 10.2 Å². The Labute approximate surface area is 119 Å². The Kier molecular flexibility index (Phi) is 3.22. The first-order chi connectivity index (χ1) is 9.25. The van der Waals surface area contributed by atoms with Crippen molar-refractivity contribution < 1.29 is 0 Å². The molecule has 0 fully saturated rings. The van der Waals surface area contributed by atoms with E-state index in [1.165, 1.54) is 16.7 Å². The van der Waals surface area contributed by atoms with Gasteiger partial charge in [-0.1, -0.05) is 54.6 Å². The molecule has 0 spiro atoms. The van der Waals surface area contributed by atoms with Gasteiger partial charge in [0.2, 0.25) is 0 Å². The van der Waals surface area contributed by atoms with Crippen LogP contribution in [0.4, 0.5) is 0 Å². The predicted octanol–water partition coefficient (Wildman–Crippen LogP) is 3.10. The van der Waals surface area contributed by atoms with E-state index in [2.05, 4.69) is 58.7 Å². The zero-order chi connectivity index (χ0) is 13.2. The third-order valence-electron chi connectivity index (χ3n) is 3.52. The minimum absolute atomic E-state index is 0.134. The van der Waals surface area contributed by atoms with E-state index in [1.54, 1.807) is 0 Å². The van der Waals surface area contributed by atoms with Gasteiger partial charge in [0.25, 0.3) is 0 Å². The highest BCUT2D eigenvalue weighted by atomic mass is 32.1. The summed E-state index contributed by atoms with van der Waals surface area (Å²) in [5, 5.41) is 4.25. The molecule has 0 radical (unpaired) electrons. The Morgan fingerprint density at radius 3 is 2.53 bits per heavy atom. The van der Waals surface area contributed by atoms with Crippen LogP contribution in [-0.2, 0) is 6.54 Å². The molecule has 1 aliphatic heterocycles. The van der Waals surface area contributed by atoms with Gasteiger partial charge in [0.15, 0.2) is 5.11 Å². The van der Waals surface area contributed by atoms with Gasteiger partial charge in [-0.15, -0.1) is 0 Å². The molecule has 2 aromatic carbocycles. The summed E-state index contributed by atoms with van der Waals surface area (Å²) in [4.78, 5) is 2.08. The molecule has 0 amide bonds. The molecule has 1 unspecified atom stereocenters. The lowest BCUT2D eigenvalue weighted by molar-refractivity contribution is 0.498. The van der Waals surface area contributed by atoms with Crippen LogP contribution >= 0.6 is 12.2 Å². The maximum atomic E-state index is 5.45. The lowest BCUT2D eigenvalue weighted by Gasteiger charge is -2.21. The van der Waals surface area contributed by atoms with Crippen LogP contribution in [0.25, 0.3) is 0 Å². The summed E-state index contributed by atoms with van der Waals surface area (Å²) in [5.74, 6) is 0. The van der Waals surface area contributed by atoms with E-state index in [4.69, 9.17) is 12.2 Å². The van der Waals surface area contributed by atoms with Crippen LogP contribution in [0.3, 0.4) is 0 Å².